The molecule has 0 unspecified atom stereocenters. The molecule has 0 aliphatic heterocycles. The highest BCUT2D eigenvalue weighted by molar-refractivity contribution is 6.31. The summed E-state index contributed by atoms with van der Waals surface area (Å²) >= 11 is 6.00. The summed E-state index contributed by atoms with van der Waals surface area (Å²) in [5.41, 5.74) is 6.87. The molecule has 0 atom stereocenters. The molecule has 0 aliphatic carbocycles. The first-order valence-corrected chi connectivity index (χ1v) is 5.08. The molecule has 0 fully saturated rings. The number of halogens is 1. The van der Waals surface area contributed by atoms with Crippen molar-refractivity contribution in [1.82, 2.24) is 14.3 Å². The zero-order valence-electron chi connectivity index (χ0n) is 8.72. The topological polar surface area (TPSA) is 65.8 Å². The minimum atomic E-state index is -0.182. The maximum Gasteiger partial charge on any atom is 0.345 e. The van der Waals surface area contributed by atoms with Gasteiger partial charge in [-0.25, -0.2) is 9.48 Å². The number of rotatable bonds is 2. The first kappa shape index (κ1) is 10.8. The van der Waals surface area contributed by atoms with Gasteiger partial charge in [0, 0.05) is 17.8 Å². The predicted molar refractivity (Wildman–Crippen MR) is 62.4 cm³/mol. The number of aryl methyl sites for hydroxylation is 1. The minimum Gasteiger partial charge on any atom is -0.399 e. The average Bonchev–Trinajstić information content (AvgIpc) is 2.55. The molecular weight excluding hydrogens is 228 g/mol. The Labute approximate surface area is 97.1 Å². The number of hydrogen-bond donors (Lipinski definition) is 1. The fraction of sp³-hybridized carbons (Fsp3) is 0.200. The molecule has 84 valence electrons. The van der Waals surface area contributed by atoms with E-state index in [1.807, 2.05) is 0 Å². The van der Waals surface area contributed by atoms with Crippen molar-refractivity contribution in [2.24, 2.45) is 7.05 Å². The number of benzene rings is 1. The van der Waals surface area contributed by atoms with Gasteiger partial charge in [0.15, 0.2) is 0 Å². The third-order valence-corrected chi connectivity index (χ3v) is 2.65. The van der Waals surface area contributed by atoms with E-state index in [4.69, 9.17) is 17.3 Å². The van der Waals surface area contributed by atoms with Crippen molar-refractivity contribution in [2.75, 3.05) is 5.73 Å². The van der Waals surface area contributed by atoms with Crippen molar-refractivity contribution in [1.29, 1.82) is 0 Å². The standard InChI is InChI=1S/C10H11ClN4O/c1-14-6-13-15(10(14)16)5-7-4-8(12)2-3-9(7)11/h2-4,6H,5,12H2,1H3. The van der Waals surface area contributed by atoms with Gasteiger partial charge in [0.05, 0.1) is 6.54 Å². The molecule has 0 bridgehead atoms. The van der Waals surface area contributed by atoms with Crippen LogP contribution in [-0.2, 0) is 13.6 Å². The van der Waals surface area contributed by atoms with Crippen molar-refractivity contribution in [3.8, 4) is 0 Å². The summed E-state index contributed by atoms with van der Waals surface area (Å²) in [6.07, 6.45) is 1.46. The fourth-order valence-corrected chi connectivity index (χ4v) is 1.58. The van der Waals surface area contributed by atoms with Gasteiger partial charge in [-0.1, -0.05) is 11.6 Å². The highest BCUT2D eigenvalue weighted by Gasteiger charge is 2.06. The van der Waals surface area contributed by atoms with Gasteiger partial charge in [0.2, 0.25) is 0 Å². The van der Waals surface area contributed by atoms with Crippen LogP contribution in [0, 0.1) is 0 Å². The van der Waals surface area contributed by atoms with Crippen molar-refractivity contribution < 1.29 is 0 Å². The summed E-state index contributed by atoms with van der Waals surface area (Å²) in [6, 6.07) is 5.16. The number of nitrogens with two attached hydrogens (primary N) is 1. The van der Waals surface area contributed by atoms with E-state index in [1.54, 1.807) is 25.2 Å². The number of aromatic nitrogens is 3. The Morgan fingerprint density at radius 3 is 2.88 bits per heavy atom. The van der Waals surface area contributed by atoms with Crippen LogP contribution in [0.15, 0.2) is 29.3 Å². The Balaban J connectivity index is 2.37. The molecule has 2 rings (SSSR count). The van der Waals surface area contributed by atoms with Crippen LogP contribution in [0.4, 0.5) is 5.69 Å². The van der Waals surface area contributed by atoms with Crippen molar-refractivity contribution >= 4 is 17.3 Å². The van der Waals surface area contributed by atoms with Crippen LogP contribution in [0.3, 0.4) is 0 Å². The molecule has 1 aromatic carbocycles. The Morgan fingerprint density at radius 1 is 1.50 bits per heavy atom. The molecule has 0 saturated carbocycles. The van der Waals surface area contributed by atoms with Gasteiger partial charge in [0.25, 0.3) is 0 Å². The Kier molecular flexibility index (Phi) is 2.70. The smallest absolute Gasteiger partial charge is 0.345 e. The molecule has 1 aromatic heterocycles. The first-order valence-electron chi connectivity index (χ1n) is 4.70. The summed E-state index contributed by atoms with van der Waals surface area (Å²) in [7, 11) is 1.65. The summed E-state index contributed by atoms with van der Waals surface area (Å²) in [5, 5.41) is 4.52. The van der Waals surface area contributed by atoms with E-state index in [9.17, 15) is 4.79 Å². The number of nitrogens with zero attached hydrogens (tertiary/aromatic N) is 3. The molecule has 16 heavy (non-hydrogen) atoms. The summed E-state index contributed by atoms with van der Waals surface area (Å²) < 4.78 is 2.74. The van der Waals surface area contributed by atoms with Gasteiger partial charge in [-0.05, 0) is 23.8 Å². The second-order valence-electron chi connectivity index (χ2n) is 3.53. The van der Waals surface area contributed by atoms with Gasteiger partial charge in [0.1, 0.15) is 6.33 Å². The monoisotopic (exact) mass is 238 g/mol. The summed E-state index contributed by atoms with van der Waals surface area (Å²) in [4.78, 5) is 11.6. The lowest BCUT2D eigenvalue weighted by molar-refractivity contribution is 0.647. The summed E-state index contributed by atoms with van der Waals surface area (Å²) in [5.74, 6) is 0. The number of hydrogen-bond acceptors (Lipinski definition) is 3. The second-order valence-corrected chi connectivity index (χ2v) is 3.94. The molecule has 0 aliphatic rings. The van der Waals surface area contributed by atoms with Crippen LogP contribution >= 0.6 is 11.6 Å². The Morgan fingerprint density at radius 2 is 2.25 bits per heavy atom. The highest BCUT2D eigenvalue weighted by atomic mass is 35.5. The second kappa shape index (κ2) is 4.02. The highest BCUT2D eigenvalue weighted by Crippen LogP contribution is 2.19. The molecule has 6 heteroatoms. The van der Waals surface area contributed by atoms with E-state index in [2.05, 4.69) is 5.10 Å². The van der Waals surface area contributed by atoms with E-state index in [0.29, 0.717) is 17.3 Å². The molecule has 5 nitrogen and oxygen atoms in total. The van der Waals surface area contributed by atoms with Crippen LogP contribution in [0.5, 0.6) is 0 Å². The van der Waals surface area contributed by atoms with Crippen LogP contribution in [0.2, 0.25) is 5.02 Å². The van der Waals surface area contributed by atoms with Crippen LogP contribution in [0.1, 0.15) is 5.56 Å². The third kappa shape index (κ3) is 1.94. The molecule has 2 aromatic rings. The quantitative estimate of drug-likeness (QED) is 0.790. The van der Waals surface area contributed by atoms with E-state index in [-0.39, 0.29) is 5.69 Å². The molecular formula is C10H11ClN4O. The zero-order chi connectivity index (χ0) is 11.7. The van der Waals surface area contributed by atoms with Crippen LogP contribution in [0.25, 0.3) is 0 Å². The van der Waals surface area contributed by atoms with E-state index in [1.165, 1.54) is 15.6 Å². The fourth-order valence-electron chi connectivity index (χ4n) is 1.41. The molecule has 0 amide bonds. The summed E-state index contributed by atoms with van der Waals surface area (Å²) in [6.45, 7) is 0.323. The maximum absolute atomic E-state index is 11.6. The van der Waals surface area contributed by atoms with Gasteiger partial charge in [-0.2, -0.15) is 5.10 Å². The minimum absolute atomic E-state index is 0.182. The van der Waals surface area contributed by atoms with E-state index >= 15 is 0 Å². The van der Waals surface area contributed by atoms with Gasteiger partial charge in [-0.15, -0.1) is 0 Å². The van der Waals surface area contributed by atoms with Crippen molar-refractivity contribution in [3.05, 3.63) is 45.6 Å². The maximum atomic E-state index is 11.6. The average molecular weight is 239 g/mol. The van der Waals surface area contributed by atoms with Crippen molar-refractivity contribution in [2.45, 2.75) is 6.54 Å². The third-order valence-electron chi connectivity index (χ3n) is 2.28. The Bertz CT molecular complexity index is 572. The zero-order valence-corrected chi connectivity index (χ0v) is 9.48. The lowest BCUT2D eigenvalue weighted by atomic mass is 10.2. The molecule has 0 saturated heterocycles. The Hall–Kier alpha value is -1.75. The molecule has 1 heterocycles. The van der Waals surface area contributed by atoms with Gasteiger partial charge >= 0.3 is 5.69 Å². The van der Waals surface area contributed by atoms with Gasteiger partial charge in [-0.3, -0.25) is 4.57 Å². The molecule has 2 N–H and O–H groups in total. The molecule has 0 spiro atoms. The van der Waals surface area contributed by atoms with E-state index < -0.39 is 0 Å². The SMILES string of the molecule is Cn1cnn(Cc2cc(N)ccc2Cl)c1=O. The first-order chi connectivity index (χ1) is 7.58. The van der Waals surface area contributed by atoms with Crippen LogP contribution < -0.4 is 11.4 Å². The largest absolute Gasteiger partial charge is 0.399 e. The van der Waals surface area contributed by atoms with Gasteiger partial charge < -0.3 is 5.73 Å². The normalized spacial score (nSPS) is 10.6. The number of nitrogen functional groups attached to an aromatic ring is 1. The lowest BCUT2D eigenvalue weighted by Crippen LogP contribution is -2.23. The predicted octanol–water partition coefficient (Wildman–Crippen LogP) is 0.866. The van der Waals surface area contributed by atoms with E-state index in [0.717, 1.165) is 5.56 Å². The van der Waals surface area contributed by atoms with Crippen LogP contribution in [-0.4, -0.2) is 14.3 Å². The lowest BCUT2D eigenvalue weighted by Gasteiger charge is -2.04. The number of anilines is 1. The van der Waals surface area contributed by atoms with Crippen molar-refractivity contribution in [3.63, 3.8) is 0 Å². The molecule has 0 radical (unpaired) electrons.